The number of benzene rings is 2. The number of rotatable bonds is 6. The van der Waals surface area contributed by atoms with Crippen molar-refractivity contribution in [3.05, 3.63) is 65.5 Å². The van der Waals surface area contributed by atoms with Gasteiger partial charge in [-0.3, -0.25) is 0 Å². The summed E-state index contributed by atoms with van der Waals surface area (Å²) in [6.07, 6.45) is 0.190. The molecule has 2 aromatic rings. The van der Waals surface area contributed by atoms with E-state index in [1.807, 2.05) is 0 Å². The van der Waals surface area contributed by atoms with Crippen molar-refractivity contribution in [2.75, 3.05) is 6.61 Å². The molecule has 0 bridgehead atoms. The first-order valence-electron chi connectivity index (χ1n) is 6.85. The minimum absolute atomic E-state index is 0.190. The van der Waals surface area contributed by atoms with Crippen LogP contribution in [0.2, 0.25) is 0 Å². The molecule has 0 aliphatic rings. The lowest BCUT2D eigenvalue weighted by Gasteiger charge is -2.18. The Morgan fingerprint density at radius 2 is 1.91 bits per heavy atom. The molecule has 0 radical (unpaired) electrons. The smallest absolute Gasteiger partial charge is 0.241 e. The maximum atomic E-state index is 13.3. The zero-order valence-electron chi connectivity index (χ0n) is 12.1. The van der Waals surface area contributed by atoms with Crippen LogP contribution in [-0.2, 0) is 10.0 Å². The molecule has 2 rings (SSSR count). The highest BCUT2D eigenvalue weighted by molar-refractivity contribution is 7.89. The van der Waals surface area contributed by atoms with Crippen LogP contribution in [0.1, 0.15) is 23.6 Å². The molecular formula is C16H15FN2O3S. The molecule has 2 aromatic carbocycles. The zero-order chi connectivity index (χ0) is 16.9. The summed E-state index contributed by atoms with van der Waals surface area (Å²) in [5.74, 6) is -0.776. The summed E-state index contributed by atoms with van der Waals surface area (Å²) >= 11 is 0. The molecule has 0 amide bonds. The van der Waals surface area contributed by atoms with Gasteiger partial charge in [0.05, 0.1) is 10.5 Å². The quantitative estimate of drug-likeness (QED) is 0.846. The maximum Gasteiger partial charge on any atom is 0.241 e. The lowest BCUT2D eigenvalue weighted by Crippen LogP contribution is -2.29. The average Bonchev–Trinajstić information content (AvgIpc) is 2.55. The number of nitrogens with one attached hydrogen (secondary N) is 1. The Bertz CT molecular complexity index is 817. The van der Waals surface area contributed by atoms with Gasteiger partial charge in [-0.1, -0.05) is 30.3 Å². The van der Waals surface area contributed by atoms with Crippen LogP contribution in [-0.4, -0.2) is 20.1 Å². The van der Waals surface area contributed by atoms with Crippen molar-refractivity contribution in [2.24, 2.45) is 0 Å². The van der Waals surface area contributed by atoms with Crippen LogP contribution in [0, 0.1) is 17.1 Å². The van der Waals surface area contributed by atoms with Gasteiger partial charge in [-0.25, -0.2) is 17.5 Å². The summed E-state index contributed by atoms with van der Waals surface area (Å²) in [6.45, 7) is -0.199. The fraction of sp³-hybridized carbons (Fsp3) is 0.188. The van der Waals surface area contributed by atoms with Crippen molar-refractivity contribution in [3.8, 4) is 6.07 Å². The van der Waals surface area contributed by atoms with Crippen molar-refractivity contribution < 1.29 is 17.9 Å². The van der Waals surface area contributed by atoms with Gasteiger partial charge < -0.3 is 5.11 Å². The van der Waals surface area contributed by atoms with E-state index in [0.29, 0.717) is 5.56 Å². The molecular weight excluding hydrogens is 319 g/mol. The van der Waals surface area contributed by atoms with E-state index in [-0.39, 0.29) is 23.5 Å². The normalized spacial score (nSPS) is 12.6. The number of aliphatic hydroxyl groups is 1. The van der Waals surface area contributed by atoms with Crippen LogP contribution in [0.4, 0.5) is 4.39 Å². The van der Waals surface area contributed by atoms with E-state index in [9.17, 15) is 12.8 Å². The van der Waals surface area contributed by atoms with Gasteiger partial charge in [0, 0.05) is 12.6 Å². The van der Waals surface area contributed by atoms with Gasteiger partial charge in [0.2, 0.25) is 10.0 Å². The molecule has 0 unspecified atom stereocenters. The monoisotopic (exact) mass is 334 g/mol. The number of hydrogen-bond acceptors (Lipinski definition) is 4. The molecule has 0 saturated carbocycles. The lowest BCUT2D eigenvalue weighted by atomic mass is 10.1. The Morgan fingerprint density at radius 3 is 2.52 bits per heavy atom. The SMILES string of the molecule is N#Cc1cc(S(=O)(=O)N[C@H](CCO)c2ccccc2)ccc1F. The van der Waals surface area contributed by atoms with Crippen LogP contribution in [0.25, 0.3) is 0 Å². The van der Waals surface area contributed by atoms with Crippen molar-refractivity contribution in [3.63, 3.8) is 0 Å². The largest absolute Gasteiger partial charge is 0.396 e. The van der Waals surface area contributed by atoms with Gasteiger partial charge >= 0.3 is 0 Å². The minimum Gasteiger partial charge on any atom is -0.396 e. The summed E-state index contributed by atoms with van der Waals surface area (Å²) < 4.78 is 40.7. The van der Waals surface area contributed by atoms with Crippen molar-refractivity contribution in [1.29, 1.82) is 5.26 Å². The molecule has 2 N–H and O–H groups in total. The Hall–Kier alpha value is -2.27. The first-order valence-corrected chi connectivity index (χ1v) is 8.34. The number of halogens is 1. The van der Waals surface area contributed by atoms with E-state index < -0.39 is 21.9 Å². The van der Waals surface area contributed by atoms with Gasteiger partial charge in [0.15, 0.2) is 0 Å². The summed E-state index contributed by atoms with van der Waals surface area (Å²) in [4.78, 5) is -0.200. The van der Waals surface area contributed by atoms with Crippen LogP contribution >= 0.6 is 0 Å². The van der Waals surface area contributed by atoms with E-state index in [0.717, 1.165) is 18.2 Å². The summed E-state index contributed by atoms with van der Waals surface area (Å²) in [5, 5.41) is 18.0. The highest BCUT2D eigenvalue weighted by atomic mass is 32.2. The van der Waals surface area contributed by atoms with Gasteiger partial charge in [-0.15, -0.1) is 0 Å². The number of nitriles is 1. The Kier molecular flexibility index (Phi) is 5.45. The fourth-order valence-corrected chi connectivity index (χ4v) is 3.41. The van der Waals surface area contributed by atoms with E-state index >= 15 is 0 Å². The second kappa shape index (κ2) is 7.33. The van der Waals surface area contributed by atoms with E-state index in [2.05, 4.69) is 4.72 Å². The molecule has 0 aliphatic heterocycles. The van der Waals surface area contributed by atoms with Crippen LogP contribution in [0.15, 0.2) is 53.4 Å². The summed E-state index contributed by atoms with van der Waals surface area (Å²) in [5.41, 5.74) is 0.360. The summed E-state index contributed by atoms with van der Waals surface area (Å²) in [7, 11) is -3.96. The van der Waals surface area contributed by atoms with E-state index in [4.69, 9.17) is 10.4 Å². The van der Waals surface area contributed by atoms with Crippen molar-refractivity contribution in [1.82, 2.24) is 4.72 Å². The first kappa shape index (κ1) is 17.1. The van der Waals surface area contributed by atoms with E-state index in [1.54, 1.807) is 36.4 Å². The molecule has 0 aliphatic carbocycles. The molecule has 5 nitrogen and oxygen atoms in total. The minimum atomic E-state index is -3.96. The number of nitrogens with zero attached hydrogens (tertiary/aromatic N) is 1. The topological polar surface area (TPSA) is 90.2 Å². The lowest BCUT2D eigenvalue weighted by molar-refractivity contribution is 0.272. The highest BCUT2D eigenvalue weighted by Crippen LogP contribution is 2.21. The number of sulfonamides is 1. The molecule has 1 atom stereocenters. The molecule has 7 heteroatoms. The van der Waals surface area contributed by atoms with Gasteiger partial charge in [0.25, 0.3) is 0 Å². The third-order valence-electron chi connectivity index (χ3n) is 3.29. The predicted molar refractivity (Wildman–Crippen MR) is 82.3 cm³/mol. The average molecular weight is 334 g/mol. The third-order valence-corrected chi connectivity index (χ3v) is 4.76. The Labute approximate surface area is 134 Å². The van der Waals surface area contributed by atoms with Crippen LogP contribution in [0.5, 0.6) is 0 Å². The molecule has 0 heterocycles. The second-order valence-electron chi connectivity index (χ2n) is 4.85. The van der Waals surface area contributed by atoms with Crippen molar-refractivity contribution in [2.45, 2.75) is 17.4 Å². The molecule has 0 spiro atoms. The van der Waals surface area contributed by atoms with Gasteiger partial charge in [0.1, 0.15) is 11.9 Å². The van der Waals surface area contributed by atoms with Crippen LogP contribution in [0.3, 0.4) is 0 Å². The predicted octanol–water partition coefficient (Wildman–Crippen LogP) is 2.10. The van der Waals surface area contributed by atoms with E-state index in [1.165, 1.54) is 0 Å². The second-order valence-corrected chi connectivity index (χ2v) is 6.56. The molecule has 0 aromatic heterocycles. The highest BCUT2D eigenvalue weighted by Gasteiger charge is 2.22. The van der Waals surface area contributed by atoms with Crippen molar-refractivity contribution >= 4 is 10.0 Å². The Morgan fingerprint density at radius 1 is 1.22 bits per heavy atom. The number of hydrogen-bond donors (Lipinski definition) is 2. The number of aliphatic hydroxyl groups excluding tert-OH is 1. The third kappa shape index (κ3) is 4.13. The molecule has 0 saturated heterocycles. The standard InChI is InChI=1S/C16H15FN2O3S/c17-15-7-6-14(10-13(15)11-18)23(21,22)19-16(8-9-20)12-4-2-1-3-5-12/h1-7,10,16,19-20H,8-9H2/t16-/m1/s1. The Balaban J connectivity index is 2.33. The summed E-state index contributed by atoms with van der Waals surface area (Å²) in [6, 6.07) is 12.8. The molecule has 120 valence electrons. The maximum absolute atomic E-state index is 13.3. The molecule has 0 fully saturated rings. The fourth-order valence-electron chi connectivity index (χ4n) is 2.12. The molecule has 23 heavy (non-hydrogen) atoms. The van der Waals surface area contributed by atoms with Crippen LogP contribution < -0.4 is 4.72 Å². The van der Waals surface area contributed by atoms with Gasteiger partial charge in [-0.2, -0.15) is 5.26 Å². The zero-order valence-corrected chi connectivity index (χ0v) is 12.9. The van der Waals surface area contributed by atoms with Gasteiger partial charge in [-0.05, 0) is 30.2 Å². The first-order chi connectivity index (χ1) is 11.0.